The number of methoxy groups -OCH3 is 2. The molecule has 6 rings (SSSR count). The third-order valence-corrected chi connectivity index (χ3v) is 8.85. The second kappa shape index (κ2) is 17.2. The highest BCUT2D eigenvalue weighted by atomic mass is 79.9. The molecule has 0 saturated carbocycles. The molecule has 0 aliphatic heterocycles. The van der Waals surface area contributed by atoms with Crippen molar-refractivity contribution in [2.45, 2.75) is 40.8 Å². The van der Waals surface area contributed by atoms with Crippen LogP contribution < -0.4 is 11.5 Å². The Morgan fingerprint density at radius 3 is 1.29 bits per heavy atom. The maximum absolute atomic E-state index is 12.9. The van der Waals surface area contributed by atoms with Crippen LogP contribution in [0, 0.1) is 0 Å². The molecule has 14 heteroatoms. The highest BCUT2D eigenvalue weighted by Gasteiger charge is 2.24. The topological polar surface area (TPSA) is 174 Å². The number of ether oxygens (including phenoxy) is 2. The molecule has 12 nitrogen and oxygen atoms in total. The van der Waals surface area contributed by atoms with E-state index in [1.165, 1.54) is 14.2 Å². The number of benzene rings is 4. The lowest BCUT2D eigenvalue weighted by Gasteiger charge is -2.16. The fourth-order valence-electron chi connectivity index (χ4n) is 5.61. The van der Waals surface area contributed by atoms with Crippen LogP contribution in [0.2, 0.25) is 0 Å². The van der Waals surface area contributed by atoms with Crippen molar-refractivity contribution in [3.05, 3.63) is 104 Å². The molecule has 0 aliphatic rings. The first-order valence-electron chi connectivity index (χ1n) is 16.4. The van der Waals surface area contributed by atoms with E-state index < -0.39 is 23.8 Å². The van der Waals surface area contributed by atoms with Gasteiger partial charge in [-0.1, -0.05) is 59.6 Å². The second-order valence-electron chi connectivity index (χ2n) is 10.7. The summed E-state index contributed by atoms with van der Waals surface area (Å²) in [6, 6.07) is 20.2. The van der Waals surface area contributed by atoms with Crippen LogP contribution >= 0.6 is 31.9 Å². The van der Waals surface area contributed by atoms with Gasteiger partial charge in [-0.3, -0.25) is 9.59 Å². The smallest absolute Gasteiger partial charge is 0.338 e. The first kappa shape index (κ1) is 39.4. The summed E-state index contributed by atoms with van der Waals surface area (Å²) in [7, 11) is 2.60. The summed E-state index contributed by atoms with van der Waals surface area (Å²) in [5.74, 6) is -1.43. The van der Waals surface area contributed by atoms with Crippen LogP contribution in [0.3, 0.4) is 0 Å². The first-order valence-corrected chi connectivity index (χ1v) is 18.0. The Bertz CT molecular complexity index is 2150. The molecule has 270 valence electrons. The minimum absolute atomic E-state index is 0.277. The zero-order valence-electron chi connectivity index (χ0n) is 29.5. The summed E-state index contributed by atoms with van der Waals surface area (Å²) >= 11 is 7.01. The second-order valence-corrected chi connectivity index (χ2v) is 12.5. The Morgan fingerprint density at radius 2 is 0.962 bits per heavy atom. The van der Waals surface area contributed by atoms with Crippen molar-refractivity contribution in [1.29, 1.82) is 0 Å². The van der Waals surface area contributed by atoms with Gasteiger partial charge in [-0.05, 0) is 72.8 Å². The van der Waals surface area contributed by atoms with E-state index in [0.717, 1.165) is 0 Å². The minimum Gasteiger partial charge on any atom is -0.465 e. The summed E-state index contributed by atoms with van der Waals surface area (Å²) in [4.78, 5) is 59.6. The molecule has 52 heavy (non-hydrogen) atoms. The molecule has 0 unspecified atom stereocenters. The van der Waals surface area contributed by atoms with Crippen molar-refractivity contribution in [3.8, 4) is 22.8 Å². The predicted octanol–water partition coefficient (Wildman–Crippen LogP) is 7.77. The summed E-state index contributed by atoms with van der Waals surface area (Å²) in [6.07, 6.45) is 0. The number of hydrogen-bond donors (Lipinski definition) is 2. The van der Waals surface area contributed by atoms with Gasteiger partial charge in [-0.15, -0.1) is 0 Å². The Kier molecular flexibility index (Phi) is 13.1. The molecule has 0 bridgehead atoms. The van der Waals surface area contributed by atoms with E-state index in [2.05, 4.69) is 31.9 Å². The molecule has 2 amide bonds. The quantitative estimate of drug-likeness (QED) is 0.139. The van der Waals surface area contributed by atoms with Gasteiger partial charge in [0.1, 0.15) is 11.6 Å². The number of halogens is 2. The van der Waals surface area contributed by atoms with E-state index in [4.69, 9.17) is 30.9 Å². The van der Waals surface area contributed by atoms with Gasteiger partial charge in [0.25, 0.3) is 0 Å². The standard InChI is InChI=1S/C34H26Br2N6O6.2C2H6/c1-47-33(45)21-7-5-19(35)15-23(21)31-39-25-13-17(29(37)43)3-9-27(25)41(31)11-12-42-28-10-4-18(30(38)44)14-26(28)40-32(42)24-16-20(36)6-8-22(24)34(46)48-2;2*1-2/h3-10,13-16H,11-12H2,1-2H3,(H2,37,43)(H2,38,44);2*1-2H3. The maximum atomic E-state index is 12.9. The Hall–Kier alpha value is -5.34. The summed E-state index contributed by atoms with van der Waals surface area (Å²) in [5.41, 5.74) is 15.6. The number of aromatic nitrogens is 4. The Labute approximate surface area is 317 Å². The van der Waals surface area contributed by atoms with Crippen LogP contribution in [0.4, 0.5) is 0 Å². The van der Waals surface area contributed by atoms with Gasteiger partial charge in [0.2, 0.25) is 11.8 Å². The lowest BCUT2D eigenvalue weighted by molar-refractivity contribution is 0.0592. The molecule has 2 heterocycles. The van der Waals surface area contributed by atoms with Gasteiger partial charge in [0.05, 0.1) is 47.4 Å². The molecular weight excluding hydrogens is 796 g/mol. The number of nitrogens with zero attached hydrogens (tertiary/aromatic N) is 4. The molecule has 0 aliphatic carbocycles. The van der Waals surface area contributed by atoms with Gasteiger partial charge in [0, 0.05) is 44.3 Å². The van der Waals surface area contributed by atoms with Crippen molar-refractivity contribution in [3.63, 3.8) is 0 Å². The van der Waals surface area contributed by atoms with Gasteiger partial charge in [0.15, 0.2) is 0 Å². The van der Waals surface area contributed by atoms with E-state index in [1.54, 1.807) is 72.8 Å². The maximum Gasteiger partial charge on any atom is 0.338 e. The molecule has 0 saturated heterocycles. The number of esters is 2. The number of amides is 2. The van der Waals surface area contributed by atoms with Crippen molar-refractivity contribution in [1.82, 2.24) is 19.1 Å². The van der Waals surface area contributed by atoms with E-state index in [0.29, 0.717) is 53.8 Å². The highest BCUT2D eigenvalue weighted by molar-refractivity contribution is 9.10. The Balaban J connectivity index is 0.00000146. The fraction of sp³-hybridized carbons (Fsp3) is 0.211. The number of imidazole rings is 2. The van der Waals surface area contributed by atoms with Crippen LogP contribution in [0.5, 0.6) is 0 Å². The number of nitrogens with two attached hydrogens (primary N) is 2. The van der Waals surface area contributed by atoms with Crippen LogP contribution in [0.1, 0.15) is 69.1 Å². The molecule has 0 fully saturated rings. The van der Waals surface area contributed by atoms with Gasteiger partial charge < -0.3 is 30.1 Å². The SMILES string of the molecule is CC.CC.COC(=O)c1ccc(Br)cc1-c1nc2cc(C(N)=O)ccc2n1CCn1c(-c2cc(Br)ccc2C(=O)OC)nc2cc(C(N)=O)ccc21. The number of hydrogen-bond acceptors (Lipinski definition) is 8. The molecule has 4 aromatic carbocycles. The fourth-order valence-corrected chi connectivity index (χ4v) is 6.33. The minimum atomic E-state index is -0.606. The summed E-state index contributed by atoms with van der Waals surface area (Å²) in [6.45, 7) is 8.57. The van der Waals surface area contributed by atoms with E-state index in [9.17, 15) is 19.2 Å². The normalized spacial score (nSPS) is 10.5. The molecule has 2 aromatic heterocycles. The summed E-state index contributed by atoms with van der Waals surface area (Å²) < 4.78 is 15.4. The van der Waals surface area contributed by atoms with Gasteiger partial charge in [-0.2, -0.15) is 0 Å². The number of carbonyl (C=O) groups is 4. The van der Waals surface area contributed by atoms with Crippen LogP contribution in [-0.4, -0.2) is 57.1 Å². The van der Waals surface area contributed by atoms with Gasteiger partial charge in [-0.25, -0.2) is 19.6 Å². The third kappa shape index (κ3) is 7.92. The molecule has 0 spiro atoms. The molecule has 6 aromatic rings. The lowest BCUT2D eigenvalue weighted by atomic mass is 10.1. The zero-order valence-corrected chi connectivity index (χ0v) is 32.7. The molecule has 0 radical (unpaired) electrons. The first-order chi connectivity index (χ1) is 25.0. The number of fused-ring (bicyclic) bond motifs is 2. The predicted molar refractivity (Wildman–Crippen MR) is 208 cm³/mol. The molecule has 0 atom stereocenters. The number of aryl methyl sites for hydroxylation is 2. The van der Waals surface area contributed by atoms with E-state index >= 15 is 0 Å². The van der Waals surface area contributed by atoms with E-state index in [1.807, 2.05) is 36.8 Å². The lowest BCUT2D eigenvalue weighted by Crippen LogP contribution is -2.13. The van der Waals surface area contributed by atoms with Gasteiger partial charge >= 0.3 is 11.9 Å². The summed E-state index contributed by atoms with van der Waals surface area (Å²) in [5, 5.41) is 0. The number of rotatable bonds is 9. The third-order valence-electron chi connectivity index (χ3n) is 7.87. The Morgan fingerprint density at radius 1 is 0.596 bits per heavy atom. The largest absolute Gasteiger partial charge is 0.465 e. The zero-order chi connectivity index (χ0) is 38.3. The highest BCUT2D eigenvalue weighted by Crippen LogP contribution is 2.34. The van der Waals surface area contributed by atoms with Crippen LogP contribution in [-0.2, 0) is 22.6 Å². The van der Waals surface area contributed by atoms with E-state index in [-0.39, 0.29) is 35.3 Å². The molecule has 4 N–H and O–H groups in total. The van der Waals surface area contributed by atoms with Crippen molar-refractivity contribution in [2.75, 3.05) is 14.2 Å². The number of carbonyl (C=O) groups excluding carboxylic acids is 4. The number of primary amides is 2. The molecular formula is C38H38Br2N6O6. The van der Waals surface area contributed by atoms with Crippen LogP contribution in [0.25, 0.3) is 44.8 Å². The van der Waals surface area contributed by atoms with Crippen LogP contribution in [0.15, 0.2) is 81.7 Å². The average molecular weight is 835 g/mol. The monoisotopic (exact) mass is 832 g/mol. The van der Waals surface area contributed by atoms with Crippen molar-refractivity contribution < 1.29 is 28.7 Å². The average Bonchev–Trinajstić information content (AvgIpc) is 3.71. The van der Waals surface area contributed by atoms with Crippen molar-refractivity contribution in [2.24, 2.45) is 11.5 Å². The van der Waals surface area contributed by atoms with Crippen molar-refractivity contribution >= 4 is 77.7 Å².